The third-order valence-corrected chi connectivity index (χ3v) is 1.88. The summed E-state index contributed by atoms with van der Waals surface area (Å²) in [6.07, 6.45) is -4.89. The second kappa shape index (κ2) is 4.48. The average Bonchev–Trinajstić information content (AvgIpc) is 2.18. The molecule has 0 amide bonds. The van der Waals surface area contributed by atoms with Crippen molar-refractivity contribution < 1.29 is 27.9 Å². The van der Waals surface area contributed by atoms with Gasteiger partial charge in [0.15, 0.2) is 11.5 Å². The van der Waals surface area contributed by atoms with E-state index in [9.17, 15) is 28.4 Å². The van der Waals surface area contributed by atoms with E-state index in [0.29, 0.717) is 12.1 Å². The van der Waals surface area contributed by atoms with Crippen molar-refractivity contribution in [3.05, 3.63) is 27.8 Å². The van der Waals surface area contributed by atoms with E-state index in [-0.39, 0.29) is 6.61 Å². The van der Waals surface area contributed by atoms with E-state index in [1.807, 2.05) is 0 Å². The summed E-state index contributed by atoms with van der Waals surface area (Å²) in [5.74, 6) is -1.14. The molecule has 0 atom stereocenters. The van der Waals surface area contributed by atoms with Crippen molar-refractivity contribution >= 4 is 5.69 Å². The molecule has 0 radical (unpaired) electrons. The van der Waals surface area contributed by atoms with Gasteiger partial charge in [0.05, 0.1) is 17.6 Å². The smallest absolute Gasteiger partial charge is 0.423 e. The molecule has 17 heavy (non-hydrogen) atoms. The molecule has 0 unspecified atom stereocenters. The van der Waals surface area contributed by atoms with E-state index in [4.69, 9.17) is 4.74 Å². The highest BCUT2D eigenvalue weighted by Crippen LogP contribution is 2.42. The molecule has 94 valence electrons. The number of nitrogens with zero attached hydrogens (tertiary/aromatic N) is 1. The van der Waals surface area contributed by atoms with Gasteiger partial charge in [0.1, 0.15) is 5.56 Å². The van der Waals surface area contributed by atoms with Gasteiger partial charge in [-0.25, -0.2) is 0 Å². The molecule has 0 aromatic heterocycles. The van der Waals surface area contributed by atoms with Crippen molar-refractivity contribution in [3.8, 4) is 11.5 Å². The van der Waals surface area contributed by atoms with Crippen LogP contribution in [0.1, 0.15) is 12.5 Å². The van der Waals surface area contributed by atoms with Crippen LogP contribution in [0, 0.1) is 10.1 Å². The zero-order valence-electron chi connectivity index (χ0n) is 8.61. The topological polar surface area (TPSA) is 72.6 Å². The third kappa shape index (κ3) is 2.77. The summed E-state index contributed by atoms with van der Waals surface area (Å²) in [5.41, 5.74) is -2.66. The van der Waals surface area contributed by atoms with E-state index >= 15 is 0 Å². The van der Waals surface area contributed by atoms with Crippen LogP contribution in [0.25, 0.3) is 0 Å². The van der Waals surface area contributed by atoms with Crippen LogP contribution < -0.4 is 4.74 Å². The average molecular weight is 251 g/mol. The van der Waals surface area contributed by atoms with Gasteiger partial charge in [0.2, 0.25) is 0 Å². The number of nitro benzene ring substituents is 1. The van der Waals surface area contributed by atoms with Crippen LogP contribution in [0.4, 0.5) is 18.9 Å². The van der Waals surface area contributed by atoms with Crippen molar-refractivity contribution in [1.29, 1.82) is 0 Å². The molecule has 0 aliphatic rings. The number of aromatic hydroxyl groups is 1. The van der Waals surface area contributed by atoms with Gasteiger partial charge in [-0.3, -0.25) is 10.1 Å². The van der Waals surface area contributed by atoms with Crippen molar-refractivity contribution in [2.24, 2.45) is 0 Å². The third-order valence-electron chi connectivity index (χ3n) is 1.88. The lowest BCUT2D eigenvalue weighted by atomic mass is 10.1. The number of nitro groups is 1. The van der Waals surface area contributed by atoms with Gasteiger partial charge in [0.25, 0.3) is 5.69 Å². The van der Waals surface area contributed by atoms with Gasteiger partial charge in [0, 0.05) is 6.07 Å². The second-order valence-electron chi connectivity index (χ2n) is 3.02. The first-order chi connectivity index (χ1) is 7.77. The molecule has 0 heterocycles. The minimum absolute atomic E-state index is 0.0304. The van der Waals surface area contributed by atoms with Crippen molar-refractivity contribution in [2.45, 2.75) is 13.1 Å². The molecule has 0 saturated carbocycles. The number of ether oxygens (including phenoxy) is 1. The lowest BCUT2D eigenvalue weighted by molar-refractivity contribution is -0.388. The highest BCUT2D eigenvalue weighted by Gasteiger charge is 2.39. The number of rotatable bonds is 3. The number of alkyl halides is 3. The van der Waals surface area contributed by atoms with Crippen molar-refractivity contribution in [1.82, 2.24) is 0 Å². The van der Waals surface area contributed by atoms with E-state index < -0.39 is 33.8 Å². The Morgan fingerprint density at radius 3 is 2.47 bits per heavy atom. The van der Waals surface area contributed by atoms with Crippen LogP contribution in [-0.2, 0) is 6.18 Å². The zero-order chi connectivity index (χ0) is 13.2. The number of phenolic OH excluding ortho intramolecular Hbond substituents is 1. The SMILES string of the molecule is CCOc1cc(C(F)(F)F)c([N+](=O)[O-])cc1O. The predicted octanol–water partition coefficient (Wildman–Crippen LogP) is 2.72. The Morgan fingerprint density at radius 2 is 2.06 bits per heavy atom. The quantitative estimate of drug-likeness (QED) is 0.662. The lowest BCUT2D eigenvalue weighted by Crippen LogP contribution is -2.09. The molecule has 1 N–H and O–H groups in total. The second-order valence-corrected chi connectivity index (χ2v) is 3.02. The predicted molar refractivity (Wildman–Crippen MR) is 50.9 cm³/mol. The monoisotopic (exact) mass is 251 g/mol. The number of halogens is 3. The molecule has 1 rings (SSSR count). The van der Waals surface area contributed by atoms with Crippen LogP contribution in [0.5, 0.6) is 11.5 Å². The molecule has 8 heteroatoms. The first-order valence-corrected chi connectivity index (χ1v) is 4.48. The van der Waals surface area contributed by atoms with E-state index in [2.05, 4.69) is 0 Å². The maximum absolute atomic E-state index is 12.5. The Bertz CT molecular complexity index is 445. The van der Waals surface area contributed by atoms with Gasteiger partial charge in [-0.1, -0.05) is 0 Å². The zero-order valence-corrected chi connectivity index (χ0v) is 8.61. The van der Waals surface area contributed by atoms with E-state index in [1.54, 1.807) is 0 Å². The maximum Gasteiger partial charge on any atom is 0.423 e. The molecule has 0 aliphatic carbocycles. The number of hydrogen-bond acceptors (Lipinski definition) is 4. The van der Waals surface area contributed by atoms with Crippen molar-refractivity contribution in [3.63, 3.8) is 0 Å². The van der Waals surface area contributed by atoms with E-state index in [0.717, 1.165) is 0 Å². The molecule has 0 saturated heterocycles. The van der Waals surface area contributed by atoms with Crippen LogP contribution in [0.15, 0.2) is 12.1 Å². The summed E-state index contributed by atoms with van der Waals surface area (Å²) in [4.78, 5) is 9.23. The highest BCUT2D eigenvalue weighted by molar-refractivity contribution is 5.54. The minimum Gasteiger partial charge on any atom is -0.504 e. The Balaban J connectivity index is 3.42. The molecule has 0 fully saturated rings. The fourth-order valence-electron chi connectivity index (χ4n) is 1.21. The van der Waals surface area contributed by atoms with Gasteiger partial charge >= 0.3 is 6.18 Å². The molecule has 1 aromatic carbocycles. The number of phenols is 1. The van der Waals surface area contributed by atoms with Crippen LogP contribution in [0.3, 0.4) is 0 Å². The standard InChI is InChI=1S/C9H8F3NO4/c1-2-17-8-3-5(9(10,11)12)6(13(15)16)4-7(8)14/h3-4,14H,2H2,1H3. The summed E-state index contributed by atoms with van der Waals surface area (Å²) in [7, 11) is 0. The maximum atomic E-state index is 12.5. The molecule has 0 spiro atoms. The van der Waals surface area contributed by atoms with Gasteiger partial charge in [-0.05, 0) is 6.92 Å². The fourth-order valence-corrected chi connectivity index (χ4v) is 1.21. The summed E-state index contributed by atoms with van der Waals surface area (Å²) in [6.45, 7) is 1.54. The Morgan fingerprint density at radius 1 is 1.47 bits per heavy atom. The normalized spacial score (nSPS) is 11.3. The molecular formula is C9H8F3NO4. The first kappa shape index (κ1) is 13.1. The largest absolute Gasteiger partial charge is 0.504 e. The Kier molecular flexibility index (Phi) is 3.45. The fraction of sp³-hybridized carbons (Fsp3) is 0.333. The minimum atomic E-state index is -4.89. The molecule has 5 nitrogen and oxygen atoms in total. The molecule has 1 aromatic rings. The first-order valence-electron chi connectivity index (χ1n) is 4.48. The summed E-state index contributed by atoms with van der Waals surface area (Å²) in [5, 5.41) is 19.7. The number of hydrogen-bond donors (Lipinski definition) is 1. The molecule has 0 aliphatic heterocycles. The molecular weight excluding hydrogens is 243 g/mol. The van der Waals surface area contributed by atoms with Crippen LogP contribution in [-0.4, -0.2) is 16.6 Å². The summed E-state index contributed by atoms with van der Waals surface area (Å²) in [6, 6.07) is 0.838. The van der Waals surface area contributed by atoms with Gasteiger partial charge < -0.3 is 9.84 Å². The van der Waals surface area contributed by atoms with Gasteiger partial charge in [-0.2, -0.15) is 13.2 Å². The van der Waals surface area contributed by atoms with E-state index in [1.165, 1.54) is 6.92 Å². The number of benzene rings is 1. The Hall–Kier alpha value is -1.99. The van der Waals surface area contributed by atoms with Crippen LogP contribution in [0.2, 0.25) is 0 Å². The Labute approximate surface area is 93.6 Å². The molecule has 0 bridgehead atoms. The summed E-state index contributed by atoms with van der Waals surface area (Å²) < 4.78 is 42.3. The lowest BCUT2D eigenvalue weighted by Gasteiger charge is -2.11. The van der Waals surface area contributed by atoms with Crippen molar-refractivity contribution in [2.75, 3.05) is 6.61 Å². The van der Waals surface area contributed by atoms with Crippen LogP contribution >= 0.6 is 0 Å². The highest BCUT2D eigenvalue weighted by atomic mass is 19.4. The summed E-state index contributed by atoms with van der Waals surface area (Å²) >= 11 is 0. The van der Waals surface area contributed by atoms with Gasteiger partial charge in [-0.15, -0.1) is 0 Å².